The zero-order valence-electron chi connectivity index (χ0n) is 15.1. The van der Waals surface area contributed by atoms with E-state index in [1.54, 1.807) is 6.33 Å². The van der Waals surface area contributed by atoms with Crippen LogP contribution in [0.5, 0.6) is 11.5 Å². The van der Waals surface area contributed by atoms with Crippen LogP contribution in [0.4, 0.5) is 23.0 Å². The molecular weight excluding hydrogens is 340 g/mol. The van der Waals surface area contributed by atoms with Gasteiger partial charge < -0.3 is 19.7 Å². The number of rotatable bonds is 3. The summed E-state index contributed by atoms with van der Waals surface area (Å²) in [6, 6.07) is 16.6. The summed E-state index contributed by atoms with van der Waals surface area (Å²) >= 11 is 0. The fourth-order valence-electron chi connectivity index (χ4n) is 3.73. The Morgan fingerprint density at radius 1 is 1.00 bits per heavy atom. The van der Waals surface area contributed by atoms with Crippen molar-refractivity contribution in [2.45, 2.75) is 19.4 Å². The third kappa shape index (κ3) is 2.93. The molecule has 0 radical (unpaired) electrons. The van der Waals surface area contributed by atoms with E-state index < -0.39 is 0 Å². The number of nitrogens with zero attached hydrogens (tertiary/aromatic N) is 3. The quantitative estimate of drug-likeness (QED) is 0.760. The van der Waals surface area contributed by atoms with Gasteiger partial charge in [-0.05, 0) is 37.1 Å². The van der Waals surface area contributed by atoms with E-state index in [9.17, 15) is 0 Å². The van der Waals surface area contributed by atoms with E-state index in [2.05, 4.69) is 51.4 Å². The predicted molar refractivity (Wildman–Crippen MR) is 104 cm³/mol. The van der Waals surface area contributed by atoms with Crippen molar-refractivity contribution in [1.29, 1.82) is 0 Å². The highest BCUT2D eigenvalue weighted by atomic mass is 16.6. The van der Waals surface area contributed by atoms with Crippen molar-refractivity contribution in [2.75, 3.05) is 23.4 Å². The molecule has 0 aliphatic carbocycles. The standard InChI is InChI=1S/C21H20N4O2/c1-14-10-15-4-2-3-5-17(15)25(14)21-12-20(22-13-23-21)24-16-6-7-18-19(11-16)27-9-8-26-18/h2-7,11-14H,8-10H2,1H3,(H,22,23,24). The van der Waals surface area contributed by atoms with Gasteiger partial charge in [0.15, 0.2) is 11.5 Å². The molecule has 0 bridgehead atoms. The van der Waals surface area contributed by atoms with E-state index >= 15 is 0 Å². The highest BCUT2D eigenvalue weighted by Crippen LogP contribution is 2.38. The minimum absolute atomic E-state index is 0.361. The molecule has 1 unspecified atom stereocenters. The molecular formula is C21H20N4O2. The van der Waals surface area contributed by atoms with Crippen molar-refractivity contribution in [2.24, 2.45) is 0 Å². The van der Waals surface area contributed by atoms with E-state index in [0.717, 1.165) is 35.2 Å². The summed E-state index contributed by atoms with van der Waals surface area (Å²) in [5, 5.41) is 3.34. The Balaban J connectivity index is 1.43. The van der Waals surface area contributed by atoms with Gasteiger partial charge in [0.05, 0.1) is 0 Å². The number of anilines is 4. The van der Waals surface area contributed by atoms with Gasteiger partial charge in [-0.3, -0.25) is 0 Å². The zero-order valence-corrected chi connectivity index (χ0v) is 15.1. The molecule has 2 aliphatic rings. The Morgan fingerprint density at radius 2 is 1.85 bits per heavy atom. The highest BCUT2D eigenvalue weighted by Gasteiger charge is 2.27. The van der Waals surface area contributed by atoms with E-state index in [1.165, 1.54) is 11.3 Å². The van der Waals surface area contributed by atoms with Crippen LogP contribution in [0.25, 0.3) is 0 Å². The van der Waals surface area contributed by atoms with Crippen molar-refractivity contribution in [3.63, 3.8) is 0 Å². The van der Waals surface area contributed by atoms with Gasteiger partial charge in [-0.1, -0.05) is 18.2 Å². The largest absolute Gasteiger partial charge is 0.486 e. The second kappa shape index (κ2) is 6.46. The lowest BCUT2D eigenvalue weighted by Crippen LogP contribution is -2.24. The van der Waals surface area contributed by atoms with Crippen LogP contribution in [0.3, 0.4) is 0 Å². The first-order valence-electron chi connectivity index (χ1n) is 9.14. The van der Waals surface area contributed by atoms with Crippen LogP contribution < -0.4 is 19.7 Å². The van der Waals surface area contributed by atoms with Crippen molar-refractivity contribution in [3.8, 4) is 11.5 Å². The monoisotopic (exact) mass is 360 g/mol. The van der Waals surface area contributed by atoms with Crippen molar-refractivity contribution in [3.05, 3.63) is 60.4 Å². The van der Waals surface area contributed by atoms with Crippen LogP contribution in [0.2, 0.25) is 0 Å². The molecule has 0 spiro atoms. The molecule has 2 aromatic carbocycles. The summed E-state index contributed by atoms with van der Waals surface area (Å²) in [7, 11) is 0. The first-order valence-corrected chi connectivity index (χ1v) is 9.14. The first kappa shape index (κ1) is 15.9. The van der Waals surface area contributed by atoms with Gasteiger partial charge in [0, 0.05) is 29.5 Å². The lowest BCUT2D eigenvalue weighted by Gasteiger charge is -2.24. The number of hydrogen-bond acceptors (Lipinski definition) is 6. The molecule has 6 heteroatoms. The molecule has 5 rings (SSSR count). The van der Waals surface area contributed by atoms with Crippen LogP contribution in [-0.4, -0.2) is 29.2 Å². The average Bonchev–Trinajstić information content (AvgIpc) is 3.04. The maximum Gasteiger partial charge on any atom is 0.163 e. The molecule has 1 aromatic heterocycles. The third-order valence-electron chi connectivity index (χ3n) is 4.92. The Labute approximate surface area is 157 Å². The van der Waals surface area contributed by atoms with Gasteiger partial charge in [-0.2, -0.15) is 0 Å². The van der Waals surface area contributed by atoms with E-state index in [1.807, 2.05) is 24.3 Å². The summed E-state index contributed by atoms with van der Waals surface area (Å²) in [5.41, 5.74) is 3.47. The fourth-order valence-corrected chi connectivity index (χ4v) is 3.73. The van der Waals surface area contributed by atoms with Crippen molar-refractivity contribution in [1.82, 2.24) is 9.97 Å². The van der Waals surface area contributed by atoms with Crippen LogP contribution >= 0.6 is 0 Å². The summed E-state index contributed by atoms with van der Waals surface area (Å²) in [4.78, 5) is 11.2. The Hall–Kier alpha value is -3.28. The molecule has 0 saturated carbocycles. The summed E-state index contributed by atoms with van der Waals surface area (Å²) in [6.07, 6.45) is 2.62. The number of ether oxygens (including phenoxy) is 2. The van der Waals surface area contributed by atoms with Gasteiger partial charge in [-0.15, -0.1) is 0 Å². The third-order valence-corrected chi connectivity index (χ3v) is 4.92. The minimum Gasteiger partial charge on any atom is -0.486 e. The predicted octanol–water partition coefficient (Wildman–Crippen LogP) is 4.07. The maximum absolute atomic E-state index is 5.65. The smallest absolute Gasteiger partial charge is 0.163 e. The lowest BCUT2D eigenvalue weighted by molar-refractivity contribution is 0.171. The van der Waals surface area contributed by atoms with Gasteiger partial charge in [0.25, 0.3) is 0 Å². The van der Waals surface area contributed by atoms with Gasteiger partial charge >= 0.3 is 0 Å². The highest BCUT2D eigenvalue weighted by molar-refractivity contribution is 5.71. The SMILES string of the molecule is CC1Cc2ccccc2N1c1cc(Nc2ccc3c(c2)OCCO3)ncn1. The Bertz CT molecular complexity index is 991. The maximum atomic E-state index is 5.65. The molecule has 6 nitrogen and oxygen atoms in total. The van der Waals surface area contributed by atoms with Gasteiger partial charge in [-0.25, -0.2) is 9.97 Å². The first-order chi connectivity index (χ1) is 13.3. The van der Waals surface area contributed by atoms with E-state index in [0.29, 0.717) is 19.3 Å². The number of para-hydroxylation sites is 1. The van der Waals surface area contributed by atoms with Crippen molar-refractivity contribution >= 4 is 23.0 Å². The molecule has 27 heavy (non-hydrogen) atoms. The van der Waals surface area contributed by atoms with Crippen LogP contribution in [0.15, 0.2) is 54.9 Å². The summed E-state index contributed by atoms with van der Waals surface area (Å²) in [5.74, 6) is 3.16. The van der Waals surface area contributed by atoms with Crippen LogP contribution in [0.1, 0.15) is 12.5 Å². The second-order valence-corrected chi connectivity index (χ2v) is 6.80. The van der Waals surface area contributed by atoms with Gasteiger partial charge in [0.2, 0.25) is 0 Å². The minimum atomic E-state index is 0.361. The lowest BCUT2D eigenvalue weighted by atomic mass is 10.1. The fraction of sp³-hybridized carbons (Fsp3) is 0.238. The van der Waals surface area contributed by atoms with Crippen LogP contribution in [-0.2, 0) is 6.42 Å². The number of aromatic nitrogens is 2. The number of benzene rings is 2. The number of hydrogen-bond donors (Lipinski definition) is 1. The Kier molecular flexibility index (Phi) is 3.81. The molecule has 0 saturated heterocycles. The van der Waals surface area contributed by atoms with Crippen molar-refractivity contribution < 1.29 is 9.47 Å². The molecule has 0 fully saturated rings. The molecule has 136 valence electrons. The van der Waals surface area contributed by atoms with E-state index in [4.69, 9.17) is 9.47 Å². The number of nitrogens with one attached hydrogen (secondary N) is 1. The number of fused-ring (bicyclic) bond motifs is 2. The van der Waals surface area contributed by atoms with E-state index in [-0.39, 0.29) is 0 Å². The molecule has 1 N–H and O–H groups in total. The van der Waals surface area contributed by atoms with Gasteiger partial charge in [0.1, 0.15) is 31.2 Å². The summed E-state index contributed by atoms with van der Waals surface area (Å²) in [6.45, 7) is 3.38. The Morgan fingerprint density at radius 3 is 2.78 bits per heavy atom. The van der Waals surface area contributed by atoms with Crippen LogP contribution in [0, 0.1) is 0 Å². The molecule has 0 amide bonds. The topological polar surface area (TPSA) is 59.5 Å². The molecule has 2 aliphatic heterocycles. The molecule has 1 atom stereocenters. The second-order valence-electron chi connectivity index (χ2n) is 6.80. The molecule has 3 aromatic rings. The molecule has 3 heterocycles. The normalized spacial score (nSPS) is 17.5. The average molecular weight is 360 g/mol. The zero-order chi connectivity index (χ0) is 18.2. The summed E-state index contributed by atoms with van der Waals surface area (Å²) < 4.78 is 11.2.